The fourth-order valence-corrected chi connectivity index (χ4v) is 5.30. The zero-order valence-electron chi connectivity index (χ0n) is 10.9. The van der Waals surface area contributed by atoms with E-state index in [9.17, 15) is 8.42 Å². The number of hydrogen-bond acceptors (Lipinski definition) is 4. The van der Waals surface area contributed by atoms with E-state index in [1.54, 1.807) is 0 Å². The van der Waals surface area contributed by atoms with E-state index < -0.39 is 9.84 Å². The molecular formula is C12H25NO2S2. The zero-order valence-corrected chi connectivity index (χ0v) is 12.5. The molecule has 0 aromatic rings. The lowest BCUT2D eigenvalue weighted by atomic mass is 9.80. The van der Waals surface area contributed by atoms with Gasteiger partial charge in [-0.25, -0.2) is 8.42 Å². The highest BCUT2D eigenvalue weighted by molar-refractivity contribution is 8.01. The van der Waals surface area contributed by atoms with Crippen molar-refractivity contribution in [1.29, 1.82) is 0 Å². The number of sulfone groups is 1. The van der Waals surface area contributed by atoms with Gasteiger partial charge in [-0.1, -0.05) is 19.8 Å². The lowest BCUT2D eigenvalue weighted by Gasteiger charge is -2.35. The Kier molecular flexibility index (Phi) is 6.31. The Hall–Kier alpha value is 0.260. The van der Waals surface area contributed by atoms with Crippen LogP contribution in [0.2, 0.25) is 0 Å². The van der Waals surface area contributed by atoms with Crippen molar-refractivity contribution >= 4 is 21.6 Å². The van der Waals surface area contributed by atoms with Gasteiger partial charge in [0.2, 0.25) is 0 Å². The van der Waals surface area contributed by atoms with Crippen molar-refractivity contribution < 1.29 is 8.42 Å². The molecule has 0 aliphatic heterocycles. The minimum absolute atomic E-state index is 0.294. The van der Waals surface area contributed by atoms with Gasteiger partial charge in [0.1, 0.15) is 9.84 Å². The van der Waals surface area contributed by atoms with E-state index in [4.69, 9.17) is 5.73 Å². The van der Waals surface area contributed by atoms with Crippen molar-refractivity contribution in [2.45, 2.75) is 37.9 Å². The number of rotatable bonds is 6. The smallest absolute Gasteiger partial charge is 0.148 e. The summed E-state index contributed by atoms with van der Waals surface area (Å²) in [6.07, 6.45) is 6.27. The van der Waals surface area contributed by atoms with Gasteiger partial charge in [0.05, 0.1) is 5.75 Å². The molecule has 3 unspecified atom stereocenters. The largest absolute Gasteiger partial charge is 0.330 e. The molecule has 1 saturated carbocycles. The molecule has 5 heteroatoms. The predicted octanol–water partition coefficient (Wildman–Crippen LogP) is 1.92. The first-order valence-corrected chi connectivity index (χ1v) is 9.56. The molecule has 1 rings (SSSR count). The molecule has 0 aromatic carbocycles. The Labute approximate surface area is 110 Å². The molecule has 1 fully saturated rings. The molecule has 3 atom stereocenters. The van der Waals surface area contributed by atoms with Crippen molar-refractivity contribution in [3.8, 4) is 0 Å². The Bertz CT molecular complexity index is 316. The molecule has 2 N–H and O–H groups in total. The molecule has 1 aliphatic carbocycles. The molecule has 0 amide bonds. The summed E-state index contributed by atoms with van der Waals surface area (Å²) < 4.78 is 22.2. The van der Waals surface area contributed by atoms with Crippen molar-refractivity contribution in [3.05, 3.63) is 0 Å². The fourth-order valence-electron chi connectivity index (χ4n) is 2.47. The van der Waals surface area contributed by atoms with Crippen LogP contribution >= 0.6 is 11.8 Å². The summed E-state index contributed by atoms with van der Waals surface area (Å²) in [6, 6.07) is 0. The van der Waals surface area contributed by atoms with Crippen LogP contribution in [0.3, 0.4) is 0 Å². The highest BCUT2D eigenvalue weighted by Gasteiger charge is 2.29. The number of hydrogen-bond donors (Lipinski definition) is 1. The molecule has 0 saturated heterocycles. The summed E-state index contributed by atoms with van der Waals surface area (Å²) in [5.74, 6) is 2.41. The van der Waals surface area contributed by atoms with Gasteiger partial charge in [-0.2, -0.15) is 11.8 Å². The maximum absolute atomic E-state index is 11.1. The third-order valence-electron chi connectivity index (χ3n) is 3.70. The van der Waals surface area contributed by atoms with E-state index >= 15 is 0 Å². The van der Waals surface area contributed by atoms with Crippen molar-refractivity contribution in [2.24, 2.45) is 17.6 Å². The highest BCUT2D eigenvalue weighted by Crippen LogP contribution is 2.37. The van der Waals surface area contributed by atoms with Gasteiger partial charge in [-0.05, 0) is 31.2 Å². The molecule has 102 valence electrons. The maximum Gasteiger partial charge on any atom is 0.148 e. The first-order valence-electron chi connectivity index (χ1n) is 6.45. The highest BCUT2D eigenvalue weighted by atomic mass is 32.2. The molecule has 0 spiro atoms. The maximum atomic E-state index is 11.1. The number of thioether (sulfide) groups is 1. The summed E-state index contributed by atoms with van der Waals surface area (Å²) in [4.78, 5) is 0. The summed E-state index contributed by atoms with van der Waals surface area (Å²) >= 11 is 1.82. The minimum atomic E-state index is -2.82. The van der Waals surface area contributed by atoms with Gasteiger partial charge in [0.25, 0.3) is 0 Å². The minimum Gasteiger partial charge on any atom is -0.330 e. The molecule has 0 bridgehead atoms. The van der Waals surface area contributed by atoms with Gasteiger partial charge in [0, 0.05) is 17.3 Å². The first-order chi connectivity index (χ1) is 7.96. The van der Waals surface area contributed by atoms with E-state index in [0.717, 1.165) is 18.2 Å². The zero-order chi connectivity index (χ0) is 12.9. The van der Waals surface area contributed by atoms with Crippen LogP contribution in [-0.2, 0) is 9.84 Å². The van der Waals surface area contributed by atoms with Crippen LogP contribution in [0.25, 0.3) is 0 Å². The van der Waals surface area contributed by atoms with E-state index in [2.05, 4.69) is 6.92 Å². The Morgan fingerprint density at radius 3 is 2.59 bits per heavy atom. The van der Waals surface area contributed by atoms with Crippen molar-refractivity contribution in [3.63, 3.8) is 0 Å². The fraction of sp³-hybridized carbons (Fsp3) is 1.00. The molecule has 3 nitrogen and oxygen atoms in total. The summed E-state index contributed by atoms with van der Waals surface area (Å²) in [7, 11) is -2.82. The average molecular weight is 279 g/mol. The molecular weight excluding hydrogens is 254 g/mol. The normalized spacial score (nSPS) is 30.4. The third-order valence-corrected chi connectivity index (χ3v) is 6.35. The standard InChI is InChI=1S/C12H25NO2S2/c1-3-10-4-5-11(9-13)12(8-10)16-6-7-17(2,14)15/h10-12H,3-9,13H2,1-2H3. The second kappa shape index (κ2) is 7.00. The SMILES string of the molecule is CCC1CCC(CN)C(SCCS(C)(=O)=O)C1. The second-order valence-electron chi connectivity index (χ2n) is 5.12. The molecule has 0 aromatic heterocycles. The van der Waals surface area contributed by atoms with E-state index in [0.29, 0.717) is 16.9 Å². The van der Waals surface area contributed by atoms with Crippen LogP contribution in [0, 0.1) is 11.8 Å². The predicted molar refractivity (Wildman–Crippen MR) is 76.1 cm³/mol. The van der Waals surface area contributed by atoms with E-state index in [-0.39, 0.29) is 0 Å². The molecule has 1 aliphatic rings. The van der Waals surface area contributed by atoms with Crippen LogP contribution in [0.1, 0.15) is 32.6 Å². The van der Waals surface area contributed by atoms with Crippen molar-refractivity contribution in [1.82, 2.24) is 0 Å². The first kappa shape index (κ1) is 15.3. The lowest BCUT2D eigenvalue weighted by molar-refractivity contribution is 0.284. The second-order valence-corrected chi connectivity index (χ2v) is 8.73. The van der Waals surface area contributed by atoms with Gasteiger partial charge in [-0.3, -0.25) is 0 Å². The average Bonchev–Trinajstić information content (AvgIpc) is 2.27. The lowest BCUT2D eigenvalue weighted by Crippen LogP contribution is -2.32. The van der Waals surface area contributed by atoms with E-state index in [1.165, 1.54) is 31.9 Å². The van der Waals surface area contributed by atoms with Crippen molar-refractivity contribution in [2.75, 3.05) is 24.3 Å². The van der Waals surface area contributed by atoms with Crippen LogP contribution in [0.4, 0.5) is 0 Å². The van der Waals surface area contributed by atoms with Crippen LogP contribution in [-0.4, -0.2) is 38.0 Å². The summed E-state index contributed by atoms with van der Waals surface area (Å²) in [5.41, 5.74) is 5.81. The molecule has 0 heterocycles. The van der Waals surface area contributed by atoms with E-state index in [1.807, 2.05) is 11.8 Å². The monoisotopic (exact) mass is 279 g/mol. The quantitative estimate of drug-likeness (QED) is 0.807. The number of nitrogens with two attached hydrogens (primary N) is 1. The molecule has 0 radical (unpaired) electrons. The molecule has 17 heavy (non-hydrogen) atoms. The topological polar surface area (TPSA) is 60.2 Å². The van der Waals surface area contributed by atoms with Gasteiger partial charge in [0.15, 0.2) is 0 Å². The van der Waals surface area contributed by atoms with Gasteiger partial charge >= 0.3 is 0 Å². The summed E-state index contributed by atoms with van der Waals surface area (Å²) in [5, 5.41) is 0.570. The van der Waals surface area contributed by atoms with Gasteiger partial charge in [-0.15, -0.1) is 0 Å². The Balaban J connectivity index is 2.41. The van der Waals surface area contributed by atoms with Crippen LogP contribution in [0.15, 0.2) is 0 Å². The summed E-state index contributed by atoms with van der Waals surface area (Å²) in [6.45, 7) is 2.98. The van der Waals surface area contributed by atoms with Crippen LogP contribution in [0.5, 0.6) is 0 Å². The van der Waals surface area contributed by atoms with Crippen LogP contribution < -0.4 is 5.73 Å². The Morgan fingerprint density at radius 2 is 2.06 bits per heavy atom. The van der Waals surface area contributed by atoms with Gasteiger partial charge < -0.3 is 5.73 Å². The Morgan fingerprint density at radius 1 is 1.35 bits per heavy atom. The third kappa shape index (κ3) is 5.62.